The number of carbonyl (C=O) groups excluding carboxylic acids is 2. The molecule has 1 heterocycles. The van der Waals surface area contributed by atoms with Crippen molar-refractivity contribution in [3.63, 3.8) is 0 Å². The second-order valence-electron chi connectivity index (χ2n) is 5.98. The lowest BCUT2D eigenvalue weighted by molar-refractivity contribution is -0.674. The second-order valence-corrected chi connectivity index (χ2v) is 5.98. The van der Waals surface area contributed by atoms with Crippen molar-refractivity contribution in [2.75, 3.05) is 18.6 Å². The summed E-state index contributed by atoms with van der Waals surface area (Å²) < 4.78 is 18.1. The van der Waals surface area contributed by atoms with Crippen molar-refractivity contribution in [2.24, 2.45) is 0 Å². The van der Waals surface area contributed by atoms with Crippen LogP contribution in [0.25, 0.3) is 0 Å². The Bertz CT molecular complexity index is 759. The molecule has 0 aliphatic carbocycles. The Kier molecular flexibility index (Phi) is 5.09. The Morgan fingerprint density at radius 1 is 1.12 bits per heavy atom. The molecule has 0 spiro atoms. The lowest BCUT2D eigenvalue weighted by Gasteiger charge is -2.14. The third-order valence-electron chi connectivity index (χ3n) is 4.31. The molecular weight excluding hydrogens is 323 g/mol. The summed E-state index contributed by atoms with van der Waals surface area (Å²) in [4.78, 5) is 25.8. The van der Waals surface area contributed by atoms with E-state index in [1.165, 1.54) is 24.3 Å². The van der Waals surface area contributed by atoms with E-state index in [2.05, 4.69) is 0 Å². The molecular formula is C19H20FN2O3+. The fourth-order valence-corrected chi connectivity index (χ4v) is 2.94. The number of nitrogens with zero attached hydrogens (tertiary/aromatic N) is 1. The number of hydrogen-bond donors (Lipinski definition) is 1. The Morgan fingerprint density at radius 2 is 1.80 bits per heavy atom. The predicted octanol–water partition coefficient (Wildman–Crippen LogP) is 1.27. The number of ether oxygens (including phenoxy) is 1. The van der Waals surface area contributed by atoms with E-state index in [0.29, 0.717) is 12.2 Å². The van der Waals surface area contributed by atoms with Crippen LogP contribution in [0.4, 0.5) is 10.1 Å². The first-order valence-corrected chi connectivity index (χ1v) is 8.17. The van der Waals surface area contributed by atoms with Crippen molar-refractivity contribution in [3.8, 4) is 5.75 Å². The quantitative estimate of drug-likeness (QED) is 0.804. The van der Waals surface area contributed by atoms with E-state index in [1.807, 2.05) is 29.6 Å². The molecule has 1 atom stereocenters. The number of nitrogens with two attached hydrogens (primary N) is 1. The van der Waals surface area contributed by atoms with Crippen LogP contribution in [0.1, 0.15) is 12.0 Å². The molecule has 0 saturated carbocycles. The van der Waals surface area contributed by atoms with Gasteiger partial charge >= 0.3 is 0 Å². The average Bonchev–Trinajstić information content (AvgIpc) is 2.90. The molecule has 25 heavy (non-hydrogen) atoms. The summed E-state index contributed by atoms with van der Waals surface area (Å²) in [6, 6.07) is 12.7. The molecule has 1 saturated heterocycles. The summed E-state index contributed by atoms with van der Waals surface area (Å²) in [5, 5.41) is 1.90. The number of methoxy groups -OCH3 is 1. The fraction of sp³-hybridized carbons (Fsp3) is 0.263. The summed E-state index contributed by atoms with van der Waals surface area (Å²) in [7, 11) is 1.62. The minimum Gasteiger partial charge on any atom is -0.497 e. The van der Waals surface area contributed by atoms with Gasteiger partial charge in [0.15, 0.2) is 6.04 Å². The minimum atomic E-state index is -0.421. The molecule has 2 amide bonds. The van der Waals surface area contributed by atoms with Crippen LogP contribution in [0.3, 0.4) is 0 Å². The molecule has 2 aromatic rings. The number of rotatable bonds is 6. The third kappa shape index (κ3) is 3.85. The first-order valence-electron chi connectivity index (χ1n) is 8.17. The molecule has 2 N–H and O–H groups in total. The molecule has 6 heteroatoms. The number of anilines is 1. The van der Waals surface area contributed by atoms with E-state index in [4.69, 9.17) is 4.74 Å². The monoisotopic (exact) mass is 343 g/mol. The van der Waals surface area contributed by atoms with E-state index < -0.39 is 11.9 Å². The number of quaternary nitrogens is 1. The Balaban J connectivity index is 1.57. The van der Waals surface area contributed by atoms with Gasteiger partial charge in [-0.1, -0.05) is 12.1 Å². The zero-order valence-electron chi connectivity index (χ0n) is 13.9. The van der Waals surface area contributed by atoms with Crippen LogP contribution in [0.5, 0.6) is 5.75 Å². The van der Waals surface area contributed by atoms with Crippen molar-refractivity contribution in [1.29, 1.82) is 0 Å². The summed E-state index contributed by atoms with van der Waals surface area (Å²) in [5.41, 5.74) is 1.56. The van der Waals surface area contributed by atoms with Gasteiger partial charge in [-0.2, -0.15) is 0 Å². The number of carbonyl (C=O) groups is 2. The van der Waals surface area contributed by atoms with Crippen LogP contribution >= 0.6 is 0 Å². The number of hydrogen-bond acceptors (Lipinski definition) is 3. The average molecular weight is 343 g/mol. The second kappa shape index (κ2) is 7.44. The van der Waals surface area contributed by atoms with Crippen LogP contribution in [0, 0.1) is 5.82 Å². The van der Waals surface area contributed by atoms with Gasteiger partial charge < -0.3 is 10.1 Å². The highest BCUT2D eigenvalue weighted by atomic mass is 19.1. The summed E-state index contributed by atoms with van der Waals surface area (Å²) >= 11 is 0. The maximum Gasteiger partial charge on any atom is 0.292 e. The van der Waals surface area contributed by atoms with E-state index >= 15 is 0 Å². The molecule has 130 valence electrons. The number of amides is 2. The molecule has 5 nitrogen and oxygen atoms in total. The maximum atomic E-state index is 13.0. The molecule has 0 radical (unpaired) electrons. The molecule has 1 fully saturated rings. The topological polar surface area (TPSA) is 63.2 Å². The van der Waals surface area contributed by atoms with Crippen molar-refractivity contribution in [1.82, 2.24) is 0 Å². The van der Waals surface area contributed by atoms with Gasteiger partial charge in [0.05, 0.1) is 25.8 Å². The SMILES string of the molecule is COc1ccc(CC[NH2+][C@@H]2CC(=O)N(c3ccc(F)cc3)C2=O)cc1. The van der Waals surface area contributed by atoms with E-state index in [1.54, 1.807) is 7.11 Å². The highest BCUT2D eigenvalue weighted by Crippen LogP contribution is 2.21. The standard InChI is InChI=1S/C19H19FN2O3/c1-25-16-8-2-13(3-9-16)10-11-21-17-12-18(23)22(19(17)24)15-6-4-14(20)5-7-15/h2-9,17,21H,10-12H2,1H3/p+1/t17-/m1/s1. The molecule has 2 aromatic carbocycles. The lowest BCUT2D eigenvalue weighted by atomic mass is 10.1. The van der Waals surface area contributed by atoms with Crippen LogP contribution in [0.2, 0.25) is 0 Å². The van der Waals surface area contributed by atoms with Crippen molar-refractivity contribution >= 4 is 17.5 Å². The van der Waals surface area contributed by atoms with Gasteiger partial charge in [-0.05, 0) is 42.0 Å². The van der Waals surface area contributed by atoms with E-state index in [-0.39, 0.29) is 18.2 Å². The van der Waals surface area contributed by atoms with E-state index in [9.17, 15) is 14.0 Å². The molecule has 3 rings (SSSR count). The van der Waals surface area contributed by atoms with Crippen LogP contribution in [-0.4, -0.2) is 31.5 Å². The van der Waals surface area contributed by atoms with Crippen LogP contribution < -0.4 is 15.0 Å². The zero-order valence-corrected chi connectivity index (χ0v) is 13.9. The highest BCUT2D eigenvalue weighted by Gasteiger charge is 2.41. The van der Waals surface area contributed by atoms with Gasteiger partial charge in [-0.25, -0.2) is 9.29 Å². The van der Waals surface area contributed by atoms with Gasteiger partial charge in [-0.15, -0.1) is 0 Å². The normalized spacial score (nSPS) is 17.2. The largest absolute Gasteiger partial charge is 0.497 e. The van der Waals surface area contributed by atoms with Crippen LogP contribution in [-0.2, 0) is 16.0 Å². The van der Waals surface area contributed by atoms with Crippen molar-refractivity contribution in [2.45, 2.75) is 18.9 Å². The third-order valence-corrected chi connectivity index (χ3v) is 4.31. The Hall–Kier alpha value is -2.73. The fourth-order valence-electron chi connectivity index (χ4n) is 2.94. The summed E-state index contributed by atoms with van der Waals surface area (Å²) in [6.45, 7) is 0.702. The van der Waals surface area contributed by atoms with Crippen LogP contribution in [0.15, 0.2) is 48.5 Å². The maximum absolute atomic E-state index is 13.0. The number of benzene rings is 2. The number of halogens is 1. The summed E-state index contributed by atoms with van der Waals surface area (Å²) in [5.74, 6) is -0.0849. The Morgan fingerprint density at radius 3 is 2.44 bits per heavy atom. The molecule has 0 bridgehead atoms. The Labute approximate surface area is 145 Å². The van der Waals surface area contributed by atoms with Gasteiger partial charge in [0.25, 0.3) is 5.91 Å². The molecule has 1 aliphatic heterocycles. The summed E-state index contributed by atoms with van der Waals surface area (Å²) in [6.07, 6.45) is 0.956. The van der Waals surface area contributed by atoms with Crippen molar-refractivity contribution < 1.29 is 24.0 Å². The zero-order chi connectivity index (χ0) is 17.8. The first-order chi connectivity index (χ1) is 12.1. The molecule has 0 unspecified atom stereocenters. The lowest BCUT2D eigenvalue weighted by Crippen LogP contribution is -2.92. The smallest absolute Gasteiger partial charge is 0.292 e. The van der Waals surface area contributed by atoms with E-state index in [0.717, 1.165) is 22.6 Å². The molecule has 0 aromatic heterocycles. The minimum absolute atomic E-state index is 0.165. The first kappa shape index (κ1) is 17.1. The van der Waals surface area contributed by atoms with Crippen molar-refractivity contribution in [3.05, 3.63) is 59.9 Å². The van der Waals surface area contributed by atoms with Gasteiger partial charge in [0.1, 0.15) is 11.6 Å². The highest BCUT2D eigenvalue weighted by molar-refractivity contribution is 6.21. The number of imide groups is 1. The molecule has 1 aliphatic rings. The predicted molar refractivity (Wildman–Crippen MR) is 90.8 cm³/mol. The van der Waals surface area contributed by atoms with Gasteiger partial charge in [0.2, 0.25) is 5.91 Å². The van der Waals surface area contributed by atoms with Gasteiger partial charge in [0, 0.05) is 6.42 Å². The van der Waals surface area contributed by atoms with Gasteiger partial charge in [-0.3, -0.25) is 9.59 Å².